The molecule has 2 fully saturated rings. The summed E-state index contributed by atoms with van der Waals surface area (Å²) < 4.78 is 0. The molecule has 0 aromatic carbocycles. The van der Waals surface area contributed by atoms with E-state index in [2.05, 4.69) is 33.1 Å². The van der Waals surface area contributed by atoms with Gasteiger partial charge in [0.15, 0.2) is 0 Å². The van der Waals surface area contributed by atoms with Crippen molar-refractivity contribution >= 4 is 5.82 Å². The molecule has 0 saturated carbocycles. The number of aromatic nitrogens is 1. The van der Waals surface area contributed by atoms with Gasteiger partial charge in [-0.15, -0.1) is 0 Å². The molecule has 2 aliphatic rings. The number of hydrogen-bond acceptors (Lipinski definition) is 4. The fraction of sp³-hybridized carbons (Fsp3) is 0.688. The van der Waals surface area contributed by atoms with Crippen molar-refractivity contribution in [1.82, 2.24) is 15.2 Å². The first-order valence-electron chi connectivity index (χ1n) is 8.02. The van der Waals surface area contributed by atoms with E-state index in [0.29, 0.717) is 0 Å². The number of nitrogens with zero attached hydrogens (tertiary/aromatic N) is 3. The zero-order chi connectivity index (χ0) is 13.8. The highest BCUT2D eigenvalue weighted by atomic mass is 15.3. The molecule has 0 aliphatic carbocycles. The van der Waals surface area contributed by atoms with Gasteiger partial charge in [-0.2, -0.15) is 0 Å². The average Bonchev–Trinajstić information content (AvgIpc) is 3.15. The molecule has 0 amide bonds. The Bertz CT molecular complexity index is 428. The van der Waals surface area contributed by atoms with E-state index in [-0.39, 0.29) is 0 Å². The Morgan fingerprint density at radius 3 is 2.95 bits per heavy atom. The minimum Gasteiger partial charge on any atom is -0.355 e. The third-order valence-electron chi connectivity index (χ3n) is 4.55. The molecule has 3 rings (SSSR count). The highest BCUT2D eigenvalue weighted by molar-refractivity contribution is 5.48. The van der Waals surface area contributed by atoms with Gasteiger partial charge < -0.3 is 10.2 Å². The van der Waals surface area contributed by atoms with Crippen LogP contribution in [-0.2, 0) is 6.54 Å². The molecule has 1 aromatic heterocycles. The van der Waals surface area contributed by atoms with Gasteiger partial charge in [0.1, 0.15) is 5.82 Å². The summed E-state index contributed by atoms with van der Waals surface area (Å²) in [4.78, 5) is 9.80. The summed E-state index contributed by atoms with van der Waals surface area (Å²) in [6.45, 7) is 8.97. The smallest absolute Gasteiger partial charge is 0.133 e. The monoisotopic (exact) mass is 274 g/mol. The first-order valence-corrected chi connectivity index (χ1v) is 8.02. The molecular weight excluding hydrogens is 248 g/mol. The Balaban J connectivity index is 1.67. The summed E-state index contributed by atoms with van der Waals surface area (Å²) in [6, 6.07) is 4.99. The second kappa shape index (κ2) is 6.55. The third-order valence-corrected chi connectivity index (χ3v) is 4.55. The lowest BCUT2D eigenvalue weighted by molar-refractivity contribution is 0.260. The predicted molar refractivity (Wildman–Crippen MR) is 83.0 cm³/mol. The van der Waals surface area contributed by atoms with Crippen molar-refractivity contribution in [1.29, 1.82) is 0 Å². The molecule has 3 heterocycles. The van der Waals surface area contributed by atoms with Gasteiger partial charge in [-0.05, 0) is 45.0 Å². The molecular formula is C16H26N4. The number of nitrogens with one attached hydrogen (secondary N) is 1. The van der Waals surface area contributed by atoms with Crippen LogP contribution < -0.4 is 10.2 Å². The van der Waals surface area contributed by atoms with Gasteiger partial charge in [0.2, 0.25) is 0 Å². The maximum absolute atomic E-state index is 4.64. The lowest BCUT2D eigenvalue weighted by Crippen LogP contribution is -2.35. The van der Waals surface area contributed by atoms with Crippen LogP contribution in [0.4, 0.5) is 5.82 Å². The van der Waals surface area contributed by atoms with Crippen LogP contribution in [0.1, 0.15) is 31.7 Å². The van der Waals surface area contributed by atoms with Gasteiger partial charge in [0.05, 0.1) is 0 Å². The molecule has 20 heavy (non-hydrogen) atoms. The Morgan fingerprint density at radius 2 is 2.15 bits per heavy atom. The Hall–Kier alpha value is -1.13. The molecule has 1 aromatic rings. The van der Waals surface area contributed by atoms with Crippen LogP contribution in [0.15, 0.2) is 18.3 Å². The Kier molecular flexibility index (Phi) is 4.53. The van der Waals surface area contributed by atoms with Crippen LogP contribution >= 0.6 is 0 Å². The fourth-order valence-electron chi connectivity index (χ4n) is 3.45. The molecule has 4 heteroatoms. The van der Waals surface area contributed by atoms with Crippen molar-refractivity contribution in [2.75, 3.05) is 37.6 Å². The van der Waals surface area contributed by atoms with Crippen LogP contribution in [0.5, 0.6) is 0 Å². The summed E-state index contributed by atoms with van der Waals surface area (Å²) in [5.74, 6) is 1.19. The first kappa shape index (κ1) is 13.8. The van der Waals surface area contributed by atoms with E-state index in [9.17, 15) is 0 Å². The molecule has 1 unspecified atom stereocenters. The van der Waals surface area contributed by atoms with Gasteiger partial charge in [-0.3, -0.25) is 4.90 Å². The highest BCUT2D eigenvalue weighted by Gasteiger charge is 2.30. The molecule has 2 aliphatic heterocycles. The molecule has 0 spiro atoms. The number of anilines is 1. The molecule has 0 radical (unpaired) electrons. The molecule has 1 atom stereocenters. The van der Waals surface area contributed by atoms with E-state index in [0.717, 1.165) is 32.2 Å². The van der Waals surface area contributed by atoms with Gasteiger partial charge in [-0.1, -0.05) is 13.0 Å². The second-order valence-corrected chi connectivity index (χ2v) is 5.90. The van der Waals surface area contributed by atoms with E-state index >= 15 is 0 Å². The average molecular weight is 274 g/mol. The Morgan fingerprint density at radius 1 is 1.30 bits per heavy atom. The zero-order valence-electron chi connectivity index (χ0n) is 12.5. The number of pyridine rings is 1. The largest absolute Gasteiger partial charge is 0.355 e. The summed E-state index contributed by atoms with van der Waals surface area (Å²) >= 11 is 0. The number of likely N-dealkylation sites (tertiary alicyclic amines) is 1. The summed E-state index contributed by atoms with van der Waals surface area (Å²) in [5, 5.41) is 3.42. The van der Waals surface area contributed by atoms with Crippen LogP contribution in [0, 0.1) is 0 Å². The SMILES string of the molecule is CCNCc1cccnc1N1CCC(N2CCCC2)C1. The van der Waals surface area contributed by atoms with E-state index in [1.165, 1.54) is 43.7 Å². The van der Waals surface area contributed by atoms with Crippen molar-refractivity contribution in [2.24, 2.45) is 0 Å². The summed E-state index contributed by atoms with van der Waals surface area (Å²) in [5.41, 5.74) is 1.33. The predicted octanol–water partition coefficient (Wildman–Crippen LogP) is 1.87. The Labute approximate surface area is 122 Å². The van der Waals surface area contributed by atoms with Crippen molar-refractivity contribution in [2.45, 2.75) is 38.8 Å². The lowest BCUT2D eigenvalue weighted by Gasteiger charge is -2.25. The summed E-state index contributed by atoms with van der Waals surface area (Å²) in [6.07, 6.45) is 5.97. The van der Waals surface area contributed by atoms with Crippen LogP contribution in [0.2, 0.25) is 0 Å². The van der Waals surface area contributed by atoms with Crippen LogP contribution in [0.3, 0.4) is 0 Å². The molecule has 4 nitrogen and oxygen atoms in total. The lowest BCUT2D eigenvalue weighted by atomic mass is 10.2. The molecule has 0 bridgehead atoms. The molecule has 1 N–H and O–H groups in total. The standard InChI is InChI=1S/C16H26N4/c1-2-17-12-14-6-5-8-18-16(14)20-11-7-15(13-20)19-9-3-4-10-19/h5-6,8,15,17H,2-4,7,9-13H2,1H3. The van der Waals surface area contributed by atoms with Crippen LogP contribution in [0.25, 0.3) is 0 Å². The molecule has 110 valence electrons. The summed E-state index contributed by atoms with van der Waals surface area (Å²) in [7, 11) is 0. The quantitative estimate of drug-likeness (QED) is 0.888. The zero-order valence-corrected chi connectivity index (χ0v) is 12.5. The van der Waals surface area contributed by atoms with E-state index in [1.54, 1.807) is 0 Å². The third kappa shape index (κ3) is 2.96. The maximum atomic E-state index is 4.64. The van der Waals surface area contributed by atoms with Crippen LogP contribution in [-0.4, -0.2) is 48.6 Å². The van der Waals surface area contributed by atoms with E-state index in [4.69, 9.17) is 0 Å². The van der Waals surface area contributed by atoms with Gasteiger partial charge in [-0.25, -0.2) is 4.98 Å². The first-order chi connectivity index (χ1) is 9.88. The minimum absolute atomic E-state index is 0.742. The van der Waals surface area contributed by atoms with Gasteiger partial charge in [0.25, 0.3) is 0 Å². The van der Waals surface area contributed by atoms with E-state index in [1.807, 2.05) is 12.3 Å². The van der Waals surface area contributed by atoms with Gasteiger partial charge >= 0.3 is 0 Å². The van der Waals surface area contributed by atoms with Gasteiger partial charge in [0, 0.05) is 37.4 Å². The number of hydrogen-bond donors (Lipinski definition) is 1. The van der Waals surface area contributed by atoms with E-state index < -0.39 is 0 Å². The van der Waals surface area contributed by atoms with Crippen molar-refractivity contribution in [3.8, 4) is 0 Å². The highest BCUT2D eigenvalue weighted by Crippen LogP contribution is 2.26. The van der Waals surface area contributed by atoms with Crippen molar-refractivity contribution < 1.29 is 0 Å². The minimum atomic E-state index is 0.742. The maximum Gasteiger partial charge on any atom is 0.133 e. The molecule has 2 saturated heterocycles. The normalized spacial score (nSPS) is 23.6. The van der Waals surface area contributed by atoms with Crippen molar-refractivity contribution in [3.63, 3.8) is 0 Å². The van der Waals surface area contributed by atoms with Crippen molar-refractivity contribution in [3.05, 3.63) is 23.9 Å². The topological polar surface area (TPSA) is 31.4 Å². The number of rotatable bonds is 5. The second-order valence-electron chi connectivity index (χ2n) is 5.90. The fourth-order valence-corrected chi connectivity index (χ4v) is 3.45.